The summed E-state index contributed by atoms with van der Waals surface area (Å²) in [5.74, 6) is 0.974. The molecule has 0 fully saturated rings. The molecule has 1 aromatic heterocycles. The van der Waals surface area contributed by atoms with Crippen LogP contribution in [-0.4, -0.2) is 31.3 Å². The number of anilines is 1. The molecule has 0 saturated heterocycles. The zero-order valence-corrected chi connectivity index (χ0v) is 12.6. The highest BCUT2D eigenvalue weighted by atomic mass is 16.3. The lowest BCUT2D eigenvalue weighted by Gasteiger charge is -2.21. The number of benzene rings is 1. The molecule has 0 spiro atoms. The van der Waals surface area contributed by atoms with Gasteiger partial charge in [0.1, 0.15) is 11.8 Å². The molecule has 0 amide bonds. The van der Waals surface area contributed by atoms with Crippen molar-refractivity contribution >= 4 is 11.4 Å². The van der Waals surface area contributed by atoms with Crippen LogP contribution in [0.2, 0.25) is 0 Å². The van der Waals surface area contributed by atoms with Crippen LogP contribution < -0.4 is 5.01 Å². The van der Waals surface area contributed by atoms with Crippen molar-refractivity contribution in [2.75, 3.05) is 25.6 Å². The van der Waals surface area contributed by atoms with E-state index < -0.39 is 0 Å². The van der Waals surface area contributed by atoms with Gasteiger partial charge in [-0.2, -0.15) is 5.10 Å². The topological polar surface area (TPSA) is 32.0 Å². The molecule has 1 aliphatic heterocycles. The van der Waals surface area contributed by atoms with Crippen molar-refractivity contribution in [1.29, 1.82) is 0 Å². The van der Waals surface area contributed by atoms with Crippen molar-refractivity contribution in [3.8, 4) is 0 Å². The van der Waals surface area contributed by atoms with Gasteiger partial charge in [0.15, 0.2) is 0 Å². The van der Waals surface area contributed by atoms with Gasteiger partial charge in [-0.25, -0.2) is 0 Å². The van der Waals surface area contributed by atoms with Gasteiger partial charge >= 0.3 is 0 Å². The number of hydrogen-bond acceptors (Lipinski definition) is 4. The average Bonchev–Trinajstić information content (AvgIpc) is 3.15. The normalized spacial score (nSPS) is 18.3. The number of furan rings is 1. The minimum absolute atomic E-state index is 0.166. The average molecular weight is 283 g/mol. The van der Waals surface area contributed by atoms with Crippen LogP contribution in [0.3, 0.4) is 0 Å². The van der Waals surface area contributed by atoms with Crippen LogP contribution in [0.25, 0.3) is 0 Å². The van der Waals surface area contributed by atoms with E-state index in [1.54, 1.807) is 6.26 Å². The highest BCUT2D eigenvalue weighted by molar-refractivity contribution is 5.89. The molecule has 0 aliphatic carbocycles. The Hall–Kier alpha value is -2.07. The molecule has 0 radical (unpaired) electrons. The third kappa shape index (κ3) is 3.16. The predicted molar refractivity (Wildman–Crippen MR) is 85.6 cm³/mol. The fraction of sp³-hybridized carbons (Fsp3) is 0.353. The van der Waals surface area contributed by atoms with Gasteiger partial charge in [-0.05, 0) is 38.4 Å². The summed E-state index contributed by atoms with van der Waals surface area (Å²) in [6.07, 6.45) is 3.65. The van der Waals surface area contributed by atoms with Crippen LogP contribution in [0.1, 0.15) is 24.6 Å². The van der Waals surface area contributed by atoms with E-state index in [0.717, 1.165) is 30.8 Å². The van der Waals surface area contributed by atoms with Crippen molar-refractivity contribution < 1.29 is 4.42 Å². The van der Waals surface area contributed by atoms with Gasteiger partial charge in [-0.3, -0.25) is 5.01 Å². The Bertz CT molecular complexity index is 590. The predicted octanol–water partition coefficient (Wildman–Crippen LogP) is 3.54. The van der Waals surface area contributed by atoms with E-state index in [2.05, 4.69) is 36.1 Å². The molecule has 1 aliphatic rings. The van der Waals surface area contributed by atoms with Gasteiger partial charge in [0, 0.05) is 25.1 Å². The zero-order chi connectivity index (χ0) is 14.7. The molecule has 3 rings (SSSR count). The number of rotatable bonds is 5. The van der Waals surface area contributed by atoms with Gasteiger partial charge in [-0.15, -0.1) is 0 Å². The van der Waals surface area contributed by atoms with Crippen molar-refractivity contribution in [2.24, 2.45) is 5.10 Å². The summed E-state index contributed by atoms with van der Waals surface area (Å²) in [7, 11) is 4.18. The Morgan fingerprint density at radius 3 is 2.67 bits per heavy atom. The van der Waals surface area contributed by atoms with E-state index in [9.17, 15) is 0 Å². The smallest absolute Gasteiger partial charge is 0.128 e. The second kappa shape index (κ2) is 6.14. The Labute approximate surface area is 125 Å². The Morgan fingerprint density at radius 1 is 1.19 bits per heavy atom. The summed E-state index contributed by atoms with van der Waals surface area (Å²) < 4.78 is 5.62. The minimum atomic E-state index is 0.166. The standard InChI is InChI=1S/C17H21N3O/c1-19(2)11-10-14-13-16(17-9-6-12-21-17)20(18-14)15-7-4-3-5-8-15/h3-9,12,16H,10-11,13H2,1-2H3. The third-order valence-corrected chi connectivity index (χ3v) is 3.71. The summed E-state index contributed by atoms with van der Waals surface area (Å²) in [5.41, 5.74) is 2.34. The summed E-state index contributed by atoms with van der Waals surface area (Å²) in [6.45, 7) is 1.02. The second-order valence-electron chi connectivity index (χ2n) is 5.63. The van der Waals surface area contributed by atoms with Crippen molar-refractivity contribution in [3.63, 3.8) is 0 Å². The highest BCUT2D eigenvalue weighted by Crippen LogP contribution is 2.35. The molecule has 0 N–H and O–H groups in total. The fourth-order valence-corrected chi connectivity index (χ4v) is 2.60. The van der Waals surface area contributed by atoms with Gasteiger partial charge < -0.3 is 9.32 Å². The molecule has 1 unspecified atom stereocenters. The molecular weight excluding hydrogens is 262 g/mol. The number of hydrogen-bond donors (Lipinski definition) is 0. The molecule has 0 saturated carbocycles. The molecule has 2 heterocycles. The van der Waals surface area contributed by atoms with E-state index in [1.165, 1.54) is 5.71 Å². The summed E-state index contributed by atoms with van der Waals surface area (Å²) in [4.78, 5) is 2.19. The van der Waals surface area contributed by atoms with E-state index in [0.29, 0.717) is 0 Å². The quantitative estimate of drug-likeness (QED) is 0.841. The largest absolute Gasteiger partial charge is 0.467 e. The molecule has 1 atom stereocenters. The maximum absolute atomic E-state index is 5.62. The number of nitrogens with zero attached hydrogens (tertiary/aromatic N) is 3. The van der Waals surface area contributed by atoms with Gasteiger partial charge in [-0.1, -0.05) is 18.2 Å². The molecule has 0 bridgehead atoms. The zero-order valence-electron chi connectivity index (χ0n) is 12.6. The SMILES string of the molecule is CN(C)CCC1=NN(c2ccccc2)C(c2ccco2)C1. The van der Waals surface area contributed by atoms with Crippen LogP contribution in [-0.2, 0) is 0 Å². The summed E-state index contributed by atoms with van der Waals surface area (Å²) in [5, 5.41) is 6.92. The van der Waals surface area contributed by atoms with Crippen LogP contribution in [0, 0.1) is 0 Å². The Kier molecular flexibility index (Phi) is 4.06. The van der Waals surface area contributed by atoms with E-state index in [-0.39, 0.29) is 6.04 Å². The lowest BCUT2D eigenvalue weighted by Crippen LogP contribution is -2.18. The highest BCUT2D eigenvalue weighted by Gasteiger charge is 2.30. The lowest BCUT2D eigenvalue weighted by atomic mass is 10.1. The van der Waals surface area contributed by atoms with Crippen LogP contribution >= 0.6 is 0 Å². The second-order valence-corrected chi connectivity index (χ2v) is 5.63. The van der Waals surface area contributed by atoms with Crippen molar-refractivity contribution in [2.45, 2.75) is 18.9 Å². The first-order valence-corrected chi connectivity index (χ1v) is 7.33. The van der Waals surface area contributed by atoms with Gasteiger partial charge in [0.05, 0.1) is 12.0 Å². The monoisotopic (exact) mass is 283 g/mol. The van der Waals surface area contributed by atoms with E-state index in [4.69, 9.17) is 9.52 Å². The van der Waals surface area contributed by atoms with Gasteiger partial charge in [0.2, 0.25) is 0 Å². The van der Waals surface area contributed by atoms with Crippen molar-refractivity contribution in [1.82, 2.24) is 4.90 Å². The maximum Gasteiger partial charge on any atom is 0.128 e. The lowest BCUT2D eigenvalue weighted by molar-refractivity contribution is 0.420. The van der Waals surface area contributed by atoms with Crippen molar-refractivity contribution in [3.05, 3.63) is 54.5 Å². The third-order valence-electron chi connectivity index (χ3n) is 3.71. The first-order chi connectivity index (χ1) is 10.2. The molecule has 4 heteroatoms. The first kappa shape index (κ1) is 13.9. The number of hydrazone groups is 1. The Morgan fingerprint density at radius 2 is 2.00 bits per heavy atom. The van der Waals surface area contributed by atoms with E-state index >= 15 is 0 Å². The minimum Gasteiger partial charge on any atom is -0.467 e. The van der Waals surface area contributed by atoms with E-state index in [1.807, 2.05) is 30.3 Å². The molecule has 110 valence electrons. The number of para-hydroxylation sites is 1. The van der Waals surface area contributed by atoms with Gasteiger partial charge in [0.25, 0.3) is 0 Å². The molecule has 4 nitrogen and oxygen atoms in total. The molecule has 1 aromatic carbocycles. The molecular formula is C17H21N3O. The summed E-state index contributed by atoms with van der Waals surface area (Å²) in [6, 6.07) is 14.4. The molecule has 21 heavy (non-hydrogen) atoms. The summed E-state index contributed by atoms with van der Waals surface area (Å²) >= 11 is 0. The molecule has 2 aromatic rings. The van der Waals surface area contributed by atoms with Crippen LogP contribution in [0.5, 0.6) is 0 Å². The van der Waals surface area contributed by atoms with Crippen LogP contribution in [0.4, 0.5) is 5.69 Å². The fourth-order valence-electron chi connectivity index (χ4n) is 2.60. The Balaban J connectivity index is 1.84. The first-order valence-electron chi connectivity index (χ1n) is 7.33. The maximum atomic E-state index is 5.62. The van der Waals surface area contributed by atoms with Crippen LogP contribution in [0.15, 0.2) is 58.2 Å².